The molecule has 0 radical (unpaired) electrons. The molecule has 0 saturated carbocycles. The molecule has 2 N–H and O–H groups in total. The summed E-state index contributed by atoms with van der Waals surface area (Å²) in [5, 5.41) is 9.19. The molecule has 0 spiro atoms. The van der Waals surface area contributed by atoms with Gasteiger partial charge in [-0.25, -0.2) is 17.5 Å². The molecule has 2 aromatic rings. The molecule has 0 aromatic heterocycles. The van der Waals surface area contributed by atoms with Gasteiger partial charge in [0.25, 0.3) is 0 Å². The lowest BCUT2D eigenvalue weighted by atomic mass is 10.1. The molecule has 0 fully saturated rings. The van der Waals surface area contributed by atoms with Crippen molar-refractivity contribution >= 4 is 10.0 Å². The summed E-state index contributed by atoms with van der Waals surface area (Å²) in [4.78, 5) is 0. The Bertz CT molecular complexity index is 730. The lowest BCUT2D eigenvalue weighted by molar-refractivity contribution is 0.475. The van der Waals surface area contributed by atoms with E-state index in [-0.39, 0.29) is 23.7 Å². The fourth-order valence-electron chi connectivity index (χ4n) is 2.20. The van der Waals surface area contributed by atoms with Crippen LogP contribution in [0.5, 0.6) is 5.75 Å². The predicted molar refractivity (Wildman–Crippen MR) is 88.3 cm³/mol. The SMILES string of the molecule is O=S(=O)(CCc1ccccc1F)NCCCc1ccc(O)cc1. The number of rotatable bonds is 8. The number of phenolic OH excluding ortho intramolecular Hbond substituents is 1. The first-order valence-electron chi connectivity index (χ1n) is 7.45. The Labute approximate surface area is 136 Å². The van der Waals surface area contributed by atoms with Crippen LogP contribution < -0.4 is 4.72 Å². The summed E-state index contributed by atoms with van der Waals surface area (Å²) >= 11 is 0. The fraction of sp³-hybridized carbons (Fsp3) is 0.294. The maximum Gasteiger partial charge on any atom is 0.211 e. The molecule has 4 nitrogen and oxygen atoms in total. The molecule has 0 atom stereocenters. The average molecular weight is 337 g/mol. The third-order valence-corrected chi connectivity index (χ3v) is 4.88. The van der Waals surface area contributed by atoms with Crippen LogP contribution in [0.15, 0.2) is 48.5 Å². The Morgan fingerprint density at radius 2 is 1.70 bits per heavy atom. The molecule has 2 aromatic carbocycles. The number of hydrogen-bond donors (Lipinski definition) is 2. The second-order valence-corrected chi connectivity index (χ2v) is 7.25. The van der Waals surface area contributed by atoms with Crippen molar-refractivity contribution < 1.29 is 17.9 Å². The van der Waals surface area contributed by atoms with Crippen LogP contribution in [0.1, 0.15) is 17.5 Å². The standard InChI is InChI=1S/C17H20FNO3S/c18-17-6-2-1-5-15(17)11-13-23(21,22)19-12-3-4-14-7-9-16(20)10-8-14/h1-2,5-10,19-20H,3-4,11-13H2. The van der Waals surface area contributed by atoms with Gasteiger partial charge in [0.15, 0.2) is 0 Å². The molecule has 0 saturated heterocycles. The predicted octanol–water partition coefficient (Wildman–Crippen LogP) is 2.63. The van der Waals surface area contributed by atoms with Gasteiger partial charge in [-0.2, -0.15) is 0 Å². The zero-order chi connectivity index (χ0) is 16.7. The van der Waals surface area contributed by atoms with Crippen LogP contribution in [0.3, 0.4) is 0 Å². The molecule has 6 heteroatoms. The second-order valence-electron chi connectivity index (χ2n) is 5.32. The number of nitrogens with one attached hydrogen (secondary N) is 1. The number of hydrogen-bond acceptors (Lipinski definition) is 3. The van der Waals surface area contributed by atoms with Gasteiger partial charge < -0.3 is 5.11 Å². The topological polar surface area (TPSA) is 66.4 Å². The zero-order valence-corrected chi connectivity index (χ0v) is 13.5. The Balaban J connectivity index is 1.73. The number of aromatic hydroxyl groups is 1. The van der Waals surface area contributed by atoms with E-state index in [4.69, 9.17) is 0 Å². The highest BCUT2D eigenvalue weighted by atomic mass is 32.2. The van der Waals surface area contributed by atoms with Crippen LogP contribution in [0.25, 0.3) is 0 Å². The third kappa shape index (κ3) is 6.00. The number of aryl methyl sites for hydroxylation is 2. The van der Waals surface area contributed by atoms with Gasteiger partial charge in [0, 0.05) is 6.54 Å². The highest BCUT2D eigenvalue weighted by Gasteiger charge is 2.11. The third-order valence-electron chi connectivity index (χ3n) is 3.50. The zero-order valence-electron chi connectivity index (χ0n) is 12.7. The van der Waals surface area contributed by atoms with Gasteiger partial charge in [0.05, 0.1) is 5.75 Å². The minimum atomic E-state index is -3.41. The number of sulfonamides is 1. The molecule has 0 aliphatic heterocycles. The van der Waals surface area contributed by atoms with Crippen molar-refractivity contribution in [1.29, 1.82) is 0 Å². The second kappa shape index (κ2) is 8.08. The van der Waals surface area contributed by atoms with E-state index >= 15 is 0 Å². The van der Waals surface area contributed by atoms with Crippen molar-refractivity contribution in [2.24, 2.45) is 0 Å². The number of benzene rings is 2. The van der Waals surface area contributed by atoms with Crippen molar-refractivity contribution in [3.63, 3.8) is 0 Å². The largest absolute Gasteiger partial charge is 0.508 e. The van der Waals surface area contributed by atoms with E-state index in [9.17, 15) is 17.9 Å². The van der Waals surface area contributed by atoms with E-state index in [1.807, 2.05) is 12.1 Å². The molecule has 2 rings (SSSR count). The molecule has 0 unspecified atom stereocenters. The van der Waals surface area contributed by atoms with Crippen molar-refractivity contribution in [2.75, 3.05) is 12.3 Å². The van der Waals surface area contributed by atoms with E-state index in [0.29, 0.717) is 18.5 Å². The highest BCUT2D eigenvalue weighted by Crippen LogP contribution is 2.11. The normalized spacial score (nSPS) is 11.5. The van der Waals surface area contributed by atoms with Gasteiger partial charge in [0.2, 0.25) is 10.0 Å². The fourth-order valence-corrected chi connectivity index (χ4v) is 3.29. The smallest absolute Gasteiger partial charge is 0.211 e. The van der Waals surface area contributed by atoms with Crippen molar-refractivity contribution in [3.8, 4) is 5.75 Å². The molecule has 124 valence electrons. The molecular formula is C17H20FNO3S. The lowest BCUT2D eigenvalue weighted by Crippen LogP contribution is -2.28. The average Bonchev–Trinajstić information content (AvgIpc) is 2.53. The Kier molecular flexibility index (Phi) is 6.12. The van der Waals surface area contributed by atoms with Crippen LogP contribution in [-0.4, -0.2) is 25.8 Å². The molecule has 0 heterocycles. The van der Waals surface area contributed by atoms with E-state index < -0.39 is 10.0 Å². The first-order valence-corrected chi connectivity index (χ1v) is 9.10. The highest BCUT2D eigenvalue weighted by molar-refractivity contribution is 7.89. The van der Waals surface area contributed by atoms with Gasteiger partial charge in [-0.3, -0.25) is 0 Å². The van der Waals surface area contributed by atoms with E-state index in [2.05, 4.69) is 4.72 Å². The van der Waals surface area contributed by atoms with Crippen LogP contribution in [-0.2, 0) is 22.9 Å². The van der Waals surface area contributed by atoms with Crippen molar-refractivity contribution in [3.05, 3.63) is 65.5 Å². The van der Waals surface area contributed by atoms with E-state index in [1.54, 1.807) is 30.3 Å². The summed E-state index contributed by atoms with van der Waals surface area (Å²) in [6.45, 7) is 0.334. The number of phenols is 1. The Morgan fingerprint density at radius 3 is 2.39 bits per heavy atom. The summed E-state index contributed by atoms with van der Waals surface area (Å²) in [6.07, 6.45) is 1.53. The minimum absolute atomic E-state index is 0.132. The van der Waals surface area contributed by atoms with Crippen LogP contribution in [0.2, 0.25) is 0 Å². The first-order chi connectivity index (χ1) is 11.0. The molecule has 0 bridgehead atoms. The lowest BCUT2D eigenvalue weighted by Gasteiger charge is -2.07. The van der Waals surface area contributed by atoms with E-state index in [0.717, 1.165) is 12.0 Å². The van der Waals surface area contributed by atoms with Crippen LogP contribution in [0.4, 0.5) is 4.39 Å². The monoisotopic (exact) mass is 337 g/mol. The Hall–Kier alpha value is -1.92. The first kappa shape index (κ1) is 17.4. The quantitative estimate of drug-likeness (QED) is 0.728. The molecular weight excluding hydrogens is 317 g/mol. The van der Waals surface area contributed by atoms with Gasteiger partial charge in [-0.1, -0.05) is 30.3 Å². The summed E-state index contributed by atoms with van der Waals surface area (Å²) in [5.41, 5.74) is 1.44. The van der Waals surface area contributed by atoms with E-state index in [1.165, 1.54) is 6.07 Å². The Morgan fingerprint density at radius 1 is 1.00 bits per heavy atom. The van der Waals surface area contributed by atoms with Gasteiger partial charge in [-0.05, 0) is 48.6 Å². The minimum Gasteiger partial charge on any atom is -0.508 e. The molecule has 23 heavy (non-hydrogen) atoms. The number of halogens is 1. The van der Waals surface area contributed by atoms with Crippen LogP contribution in [0, 0.1) is 5.82 Å². The van der Waals surface area contributed by atoms with Gasteiger partial charge >= 0.3 is 0 Å². The maximum atomic E-state index is 13.5. The summed E-state index contributed by atoms with van der Waals surface area (Å²) < 4.78 is 39.8. The van der Waals surface area contributed by atoms with Crippen LogP contribution >= 0.6 is 0 Å². The molecule has 0 amide bonds. The molecule has 0 aliphatic carbocycles. The van der Waals surface area contributed by atoms with Crippen molar-refractivity contribution in [1.82, 2.24) is 4.72 Å². The van der Waals surface area contributed by atoms with Gasteiger partial charge in [-0.15, -0.1) is 0 Å². The molecule has 0 aliphatic rings. The van der Waals surface area contributed by atoms with Crippen molar-refractivity contribution in [2.45, 2.75) is 19.3 Å². The summed E-state index contributed by atoms with van der Waals surface area (Å²) in [5.74, 6) is -0.301. The van der Waals surface area contributed by atoms with Gasteiger partial charge in [0.1, 0.15) is 11.6 Å². The summed E-state index contributed by atoms with van der Waals surface area (Å²) in [7, 11) is -3.41. The maximum absolute atomic E-state index is 13.5. The summed E-state index contributed by atoms with van der Waals surface area (Å²) in [6, 6.07) is 13.0.